The first-order valence-corrected chi connectivity index (χ1v) is 8.10. The maximum atomic E-state index is 12.6. The van der Waals surface area contributed by atoms with Crippen molar-refractivity contribution in [1.29, 1.82) is 0 Å². The van der Waals surface area contributed by atoms with Gasteiger partial charge in [-0.15, -0.1) is 0 Å². The third-order valence-electron chi connectivity index (χ3n) is 4.09. The van der Waals surface area contributed by atoms with Gasteiger partial charge in [-0.2, -0.15) is 0 Å². The van der Waals surface area contributed by atoms with Crippen LogP contribution in [0.1, 0.15) is 27.3 Å². The molecule has 0 unspecified atom stereocenters. The summed E-state index contributed by atoms with van der Waals surface area (Å²) >= 11 is 0. The highest BCUT2D eigenvalue weighted by atomic mass is 16.5. The maximum Gasteiger partial charge on any atom is 0.272 e. The minimum atomic E-state index is -0.0756. The van der Waals surface area contributed by atoms with Crippen LogP contribution in [-0.2, 0) is 4.74 Å². The van der Waals surface area contributed by atoms with Crippen LogP contribution in [0.5, 0.6) is 0 Å². The largest absolute Gasteiger partial charge is 0.378 e. The van der Waals surface area contributed by atoms with Gasteiger partial charge in [-0.3, -0.25) is 4.79 Å². The van der Waals surface area contributed by atoms with E-state index in [0.717, 1.165) is 22.5 Å². The number of amides is 1. The molecule has 1 saturated heterocycles. The quantitative estimate of drug-likeness (QED) is 0.939. The van der Waals surface area contributed by atoms with E-state index in [2.05, 4.69) is 15.3 Å². The molecule has 0 atom stereocenters. The van der Waals surface area contributed by atoms with Gasteiger partial charge >= 0.3 is 0 Å². The van der Waals surface area contributed by atoms with Crippen molar-refractivity contribution < 1.29 is 9.53 Å². The first-order chi connectivity index (χ1) is 11.5. The van der Waals surface area contributed by atoms with Gasteiger partial charge in [-0.05, 0) is 38.0 Å². The topological polar surface area (TPSA) is 67.4 Å². The van der Waals surface area contributed by atoms with Crippen LogP contribution in [0.15, 0.2) is 24.3 Å². The Bertz CT molecular complexity index is 734. The number of hydrogen-bond donors (Lipinski definition) is 1. The fourth-order valence-corrected chi connectivity index (χ4v) is 2.79. The number of aromatic nitrogens is 2. The second-order valence-corrected chi connectivity index (χ2v) is 6.01. The lowest BCUT2D eigenvalue weighted by molar-refractivity contribution is 0.0299. The number of nitrogens with one attached hydrogen (secondary N) is 1. The van der Waals surface area contributed by atoms with Gasteiger partial charge in [0.25, 0.3) is 5.91 Å². The zero-order valence-corrected chi connectivity index (χ0v) is 14.3. The molecule has 6 heteroatoms. The molecule has 1 aromatic carbocycles. The highest BCUT2D eigenvalue weighted by Crippen LogP contribution is 2.23. The molecule has 0 radical (unpaired) electrons. The molecule has 0 spiro atoms. The average Bonchev–Trinajstić information content (AvgIpc) is 2.58. The predicted octanol–water partition coefficient (Wildman–Crippen LogP) is 2.62. The number of nitrogens with zero attached hydrogens (tertiary/aromatic N) is 3. The summed E-state index contributed by atoms with van der Waals surface area (Å²) in [4.78, 5) is 23.3. The second-order valence-electron chi connectivity index (χ2n) is 6.01. The van der Waals surface area contributed by atoms with E-state index in [0.29, 0.717) is 37.9 Å². The van der Waals surface area contributed by atoms with E-state index in [4.69, 9.17) is 4.74 Å². The average molecular weight is 326 g/mol. The fourth-order valence-electron chi connectivity index (χ4n) is 2.79. The zero-order valence-electron chi connectivity index (χ0n) is 14.3. The molecule has 0 aliphatic carbocycles. The van der Waals surface area contributed by atoms with Crippen molar-refractivity contribution in [1.82, 2.24) is 14.9 Å². The Morgan fingerprint density at radius 1 is 1.12 bits per heavy atom. The summed E-state index contributed by atoms with van der Waals surface area (Å²) in [6.07, 6.45) is 0. The zero-order chi connectivity index (χ0) is 17.1. The predicted molar refractivity (Wildman–Crippen MR) is 92.7 cm³/mol. The summed E-state index contributed by atoms with van der Waals surface area (Å²) in [5.74, 6) is 0.373. The van der Waals surface area contributed by atoms with Gasteiger partial charge in [0.05, 0.1) is 13.2 Å². The van der Waals surface area contributed by atoms with Crippen molar-refractivity contribution in [3.05, 3.63) is 46.8 Å². The van der Waals surface area contributed by atoms with Gasteiger partial charge in [-0.1, -0.05) is 18.2 Å². The summed E-state index contributed by atoms with van der Waals surface area (Å²) in [6.45, 7) is 8.28. The molecule has 2 heterocycles. The summed E-state index contributed by atoms with van der Waals surface area (Å²) in [6, 6.07) is 7.81. The molecule has 6 nitrogen and oxygen atoms in total. The lowest BCUT2D eigenvalue weighted by Gasteiger charge is -2.26. The second kappa shape index (κ2) is 6.97. The van der Waals surface area contributed by atoms with Crippen molar-refractivity contribution >= 4 is 17.5 Å². The summed E-state index contributed by atoms with van der Waals surface area (Å²) < 4.78 is 5.30. The number of hydrogen-bond acceptors (Lipinski definition) is 5. The van der Waals surface area contributed by atoms with Crippen molar-refractivity contribution in [3.63, 3.8) is 0 Å². The van der Waals surface area contributed by atoms with Gasteiger partial charge in [0.15, 0.2) is 0 Å². The van der Waals surface area contributed by atoms with Crippen molar-refractivity contribution in [2.45, 2.75) is 20.8 Å². The van der Waals surface area contributed by atoms with Crippen LogP contribution in [0.3, 0.4) is 0 Å². The number of carbonyl (C=O) groups is 1. The molecule has 2 aromatic rings. The van der Waals surface area contributed by atoms with Crippen molar-refractivity contribution in [2.75, 3.05) is 31.6 Å². The molecule has 3 rings (SSSR count). The Labute approximate surface area is 141 Å². The molecule has 1 amide bonds. The number of benzene rings is 1. The fraction of sp³-hybridized carbons (Fsp3) is 0.389. The van der Waals surface area contributed by atoms with Crippen LogP contribution in [0.25, 0.3) is 0 Å². The summed E-state index contributed by atoms with van der Waals surface area (Å²) in [5, 5.41) is 3.26. The van der Waals surface area contributed by atoms with Crippen LogP contribution in [0.2, 0.25) is 0 Å². The Morgan fingerprint density at radius 2 is 1.79 bits per heavy atom. The van der Waals surface area contributed by atoms with E-state index in [1.807, 2.05) is 39.0 Å². The molecule has 1 aromatic heterocycles. The molecule has 1 fully saturated rings. The van der Waals surface area contributed by atoms with Crippen LogP contribution in [-0.4, -0.2) is 47.1 Å². The number of ether oxygens (including phenoxy) is 1. The summed E-state index contributed by atoms with van der Waals surface area (Å²) in [7, 11) is 0. The monoisotopic (exact) mass is 326 g/mol. The molecule has 0 bridgehead atoms. The molecule has 1 N–H and O–H groups in total. The van der Waals surface area contributed by atoms with Crippen molar-refractivity contribution in [3.8, 4) is 0 Å². The van der Waals surface area contributed by atoms with Gasteiger partial charge < -0.3 is 15.0 Å². The van der Waals surface area contributed by atoms with Gasteiger partial charge in [-0.25, -0.2) is 9.97 Å². The van der Waals surface area contributed by atoms with E-state index in [1.165, 1.54) is 0 Å². The summed E-state index contributed by atoms with van der Waals surface area (Å²) in [5.41, 5.74) is 4.38. The van der Waals surface area contributed by atoms with Crippen LogP contribution in [0, 0.1) is 20.8 Å². The normalized spacial score (nSPS) is 14.5. The van der Waals surface area contributed by atoms with Crippen LogP contribution >= 0.6 is 0 Å². The van der Waals surface area contributed by atoms with E-state index in [1.54, 1.807) is 11.0 Å². The van der Waals surface area contributed by atoms with E-state index in [9.17, 15) is 4.79 Å². The number of para-hydroxylation sites is 1. The Morgan fingerprint density at radius 3 is 2.46 bits per heavy atom. The van der Waals surface area contributed by atoms with Crippen molar-refractivity contribution in [2.24, 2.45) is 0 Å². The lowest BCUT2D eigenvalue weighted by Crippen LogP contribution is -2.41. The van der Waals surface area contributed by atoms with E-state index >= 15 is 0 Å². The SMILES string of the molecule is Cc1cc(C(=O)N2CCOCC2)nc(Nc2c(C)cccc2C)n1. The third kappa shape index (κ3) is 3.54. The van der Waals surface area contributed by atoms with Gasteiger partial charge in [0.2, 0.25) is 5.95 Å². The minimum Gasteiger partial charge on any atom is -0.378 e. The Hall–Kier alpha value is -2.47. The third-order valence-corrected chi connectivity index (χ3v) is 4.09. The number of anilines is 2. The smallest absolute Gasteiger partial charge is 0.272 e. The number of aryl methyl sites for hydroxylation is 3. The van der Waals surface area contributed by atoms with Crippen LogP contribution in [0.4, 0.5) is 11.6 Å². The molecule has 0 saturated carbocycles. The maximum absolute atomic E-state index is 12.6. The molecule has 126 valence electrons. The minimum absolute atomic E-state index is 0.0756. The van der Waals surface area contributed by atoms with Gasteiger partial charge in [0, 0.05) is 24.5 Å². The first kappa shape index (κ1) is 16.4. The van der Waals surface area contributed by atoms with E-state index < -0.39 is 0 Å². The highest BCUT2D eigenvalue weighted by Gasteiger charge is 2.21. The molecular weight excluding hydrogens is 304 g/mol. The van der Waals surface area contributed by atoms with Gasteiger partial charge in [0.1, 0.15) is 5.69 Å². The van der Waals surface area contributed by atoms with E-state index in [-0.39, 0.29) is 5.91 Å². The first-order valence-electron chi connectivity index (χ1n) is 8.10. The van der Waals surface area contributed by atoms with Crippen LogP contribution < -0.4 is 5.32 Å². The lowest BCUT2D eigenvalue weighted by atomic mass is 10.1. The number of carbonyl (C=O) groups excluding carboxylic acids is 1. The standard InChI is InChI=1S/C18H22N4O2/c1-12-5-4-6-13(2)16(12)21-18-19-14(3)11-15(20-18)17(23)22-7-9-24-10-8-22/h4-6,11H,7-10H2,1-3H3,(H,19,20,21). The Kier molecular flexibility index (Phi) is 4.76. The highest BCUT2D eigenvalue weighted by molar-refractivity contribution is 5.92. The molecule has 1 aliphatic heterocycles. The molecular formula is C18H22N4O2. The molecule has 24 heavy (non-hydrogen) atoms. The molecule has 1 aliphatic rings. The number of morpholine rings is 1. The number of rotatable bonds is 3. The Balaban J connectivity index is 1.87.